The van der Waals surface area contributed by atoms with Crippen molar-refractivity contribution in [1.82, 2.24) is 0 Å². The Morgan fingerprint density at radius 3 is 1.91 bits per heavy atom. The Labute approximate surface area is 164 Å². The van der Waals surface area contributed by atoms with E-state index < -0.39 is 0 Å². The molecule has 23 heavy (non-hydrogen) atoms. The molecule has 2 aromatic carbocycles. The van der Waals surface area contributed by atoms with Crippen LogP contribution >= 0.6 is 0 Å². The van der Waals surface area contributed by atoms with Gasteiger partial charge in [0.05, 0.1) is 0 Å². The Balaban J connectivity index is -0.0000000695. The van der Waals surface area contributed by atoms with Crippen LogP contribution in [0.15, 0.2) is 67.3 Å². The molecule has 0 aromatic heterocycles. The van der Waals surface area contributed by atoms with Crippen LogP contribution in [0, 0.1) is 14.9 Å². The van der Waals surface area contributed by atoms with Gasteiger partial charge >= 0.3 is 21.7 Å². The first-order valence-electron chi connectivity index (χ1n) is 6.47. The fourth-order valence-corrected chi connectivity index (χ4v) is 1.21. The molecule has 0 saturated carbocycles. The quantitative estimate of drug-likeness (QED) is 0.308. The number of nitrogens with one attached hydrogen (secondary N) is 1. The number of rotatable bonds is 1. The van der Waals surface area contributed by atoms with Gasteiger partial charge in [-0.3, -0.25) is 0 Å². The van der Waals surface area contributed by atoms with E-state index in [0.717, 1.165) is 0 Å². The van der Waals surface area contributed by atoms with Crippen LogP contribution in [0.1, 0.15) is 27.7 Å². The number of hydrogen-bond acceptors (Lipinski definition) is 0. The first-order valence-corrected chi connectivity index (χ1v) is 6.47. The van der Waals surface area contributed by atoms with Crippen molar-refractivity contribution in [2.75, 3.05) is 0 Å². The molecule has 0 heterocycles. The van der Waals surface area contributed by atoms with Crippen LogP contribution in [0.4, 0.5) is 0 Å². The predicted molar refractivity (Wildman–Crippen MR) is 107 cm³/mol. The van der Waals surface area contributed by atoms with Gasteiger partial charge < -0.3 is 20.6 Å². The molecule has 2 aromatic rings. The molecule has 0 amide bonds. The van der Waals surface area contributed by atoms with Crippen molar-refractivity contribution in [3.05, 3.63) is 87.9 Å². The number of fused-ring (bicyclic) bond motifs is 1. The van der Waals surface area contributed by atoms with E-state index in [-0.39, 0.29) is 53.1 Å². The third-order valence-corrected chi connectivity index (χ3v) is 1.88. The summed E-state index contributed by atoms with van der Waals surface area (Å²) in [6, 6.07) is 14.7. The molecule has 0 atom stereocenters. The van der Waals surface area contributed by atoms with E-state index in [9.17, 15) is 0 Å². The minimum Gasteiger partial charge on any atom is -0.673 e. The van der Waals surface area contributed by atoms with Crippen LogP contribution in [0.5, 0.6) is 0 Å². The van der Waals surface area contributed by atoms with E-state index >= 15 is 0 Å². The van der Waals surface area contributed by atoms with Gasteiger partial charge in [-0.15, -0.1) is 35.2 Å². The minimum absolute atomic E-state index is 0. The van der Waals surface area contributed by atoms with Crippen LogP contribution in [-0.2, 0) is 21.7 Å². The van der Waals surface area contributed by atoms with Gasteiger partial charge in [-0.05, 0) is 6.92 Å². The molecular weight excluding hydrogens is 330 g/mol. The standard InChI is InChI=1S/C9H7.C5H8.C4H10N.2CH3.Si.Ti/c1-2-5-9-7-3-6-8(9)4-1;1-3-5-4-2;1-4(2,3)5;;;;/h1-7H;3-5H,1H2,2H3;5H,1-3H3;2*1H3;;/q-1;;3*-1;;+4. The van der Waals surface area contributed by atoms with E-state index in [1.807, 2.05) is 39.8 Å². The maximum Gasteiger partial charge on any atom is 4.00 e. The van der Waals surface area contributed by atoms with E-state index in [1.54, 1.807) is 6.08 Å². The first kappa shape index (κ1) is 33.7. The first-order chi connectivity index (χ1) is 8.88. The second-order valence-electron chi connectivity index (χ2n) is 5.17. The van der Waals surface area contributed by atoms with Crippen molar-refractivity contribution in [3.8, 4) is 0 Å². The Bertz CT molecular complexity index is 459. The third-order valence-electron chi connectivity index (χ3n) is 1.88. The molecule has 1 nitrogen and oxygen atoms in total. The summed E-state index contributed by atoms with van der Waals surface area (Å²) in [6.07, 6.45) is 5.58. The van der Waals surface area contributed by atoms with Gasteiger partial charge in [-0.25, -0.2) is 0 Å². The van der Waals surface area contributed by atoms with Crippen LogP contribution in [-0.4, -0.2) is 16.5 Å². The molecule has 0 fully saturated rings. The summed E-state index contributed by atoms with van der Waals surface area (Å²) in [4.78, 5) is 0. The van der Waals surface area contributed by atoms with Crippen LogP contribution in [0.2, 0.25) is 0 Å². The summed E-state index contributed by atoms with van der Waals surface area (Å²) in [5, 5.41) is 2.66. The monoisotopic (exact) mass is 361 g/mol. The fourth-order valence-electron chi connectivity index (χ4n) is 1.21. The Morgan fingerprint density at radius 2 is 1.57 bits per heavy atom. The van der Waals surface area contributed by atoms with Gasteiger partial charge in [0.1, 0.15) is 0 Å². The molecule has 0 spiro atoms. The molecule has 4 radical (unpaired) electrons. The zero-order chi connectivity index (χ0) is 14.7. The van der Waals surface area contributed by atoms with Crippen molar-refractivity contribution >= 4 is 21.7 Å². The van der Waals surface area contributed by atoms with Crippen LogP contribution in [0.3, 0.4) is 0 Å². The van der Waals surface area contributed by atoms with E-state index in [0.29, 0.717) is 0 Å². The molecule has 0 saturated heterocycles. The Kier molecular flexibility index (Phi) is 28.2. The maximum absolute atomic E-state index is 6.94. The summed E-state index contributed by atoms with van der Waals surface area (Å²) in [5.41, 5.74) is 6.69. The van der Waals surface area contributed by atoms with E-state index in [1.165, 1.54) is 10.8 Å². The van der Waals surface area contributed by atoms with Crippen molar-refractivity contribution in [1.29, 1.82) is 0 Å². The van der Waals surface area contributed by atoms with Gasteiger partial charge in [-0.2, -0.15) is 17.5 Å². The molecule has 0 aliphatic heterocycles. The molecule has 124 valence electrons. The van der Waals surface area contributed by atoms with Gasteiger partial charge in [0.25, 0.3) is 0 Å². The van der Waals surface area contributed by atoms with Crippen LogP contribution in [0.25, 0.3) is 16.5 Å². The Morgan fingerprint density at radius 1 is 1.09 bits per heavy atom. The topological polar surface area (TPSA) is 23.8 Å². The summed E-state index contributed by atoms with van der Waals surface area (Å²) in [7, 11) is 0. The zero-order valence-corrected chi connectivity index (χ0v) is 18.0. The molecule has 0 bridgehead atoms. The molecule has 0 aliphatic carbocycles. The van der Waals surface area contributed by atoms with E-state index in [4.69, 9.17) is 5.73 Å². The number of hydrogen-bond donors (Lipinski definition) is 0. The average Bonchev–Trinajstić information content (AvgIpc) is 2.76. The van der Waals surface area contributed by atoms with E-state index in [2.05, 4.69) is 49.0 Å². The van der Waals surface area contributed by atoms with Crippen molar-refractivity contribution in [2.45, 2.75) is 33.2 Å². The molecule has 1 N–H and O–H groups in total. The summed E-state index contributed by atoms with van der Waals surface area (Å²) in [6.45, 7) is 11.0. The summed E-state index contributed by atoms with van der Waals surface area (Å²) >= 11 is 0. The van der Waals surface area contributed by atoms with Crippen molar-refractivity contribution in [3.63, 3.8) is 0 Å². The Hall–Kier alpha value is -0.799. The molecule has 3 heteroatoms. The van der Waals surface area contributed by atoms with Crippen molar-refractivity contribution in [2.24, 2.45) is 0 Å². The molecule has 0 aliphatic rings. The minimum atomic E-state index is -0.250. The van der Waals surface area contributed by atoms with Gasteiger partial charge in [0.2, 0.25) is 0 Å². The number of allylic oxidation sites excluding steroid dienone is 3. The number of benzene rings is 1. The fraction of sp³-hybridized carbons (Fsp3) is 0.250. The normalized spacial score (nSPS) is 8.57. The van der Waals surface area contributed by atoms with Crippen LogP contribution < -0.4 is 0 Å². The summed E-state index contributed by atoms with van der Waals surface area (Å²) in [5.74, 6) is 0. The van der Waals surface area contributed by atoms with Gasteiger partial charge in [0.15, 0.2) is 0 Å². The molecular formula is C20H31NSiTi. The van der Waals surface area contributed by atoms with Gasteiger partial charge in [0, 0.05) is 11.0 Å². The average molecular weight is 361 g/mol. The largest absolute Gasteiger partial charge is 4.00 e. The second kappa shape index (κ2) is 19.2. The maximum atomic E-state index is 6.94. The van der Waals surface area contributed by atoms with Gasteiger partial charge in [-0.1, -0.05) is 51.6 Å². The zero-order valence-electron chi connectivity index (χ0n) is 15.5. The predicted octanol–water partition coefficient (Wildman–Crippen LogP) is 6.66. The smallest absolute Gasteiger partial charge is 0.673 e. The molecule has 0 unspecified atom stereocenters. The molecule has 2 rings (SSSR count). The third kappa shape index (κ3) is 23.6. The second-order valence-corrected chi connectivity index (χ2v) is 5.17. The SMILES string of the molecule is C=CC=CC.CC(C)(C)[NH-].[CH3-].[CH3-].[Si].[Ti+4].c1ccc2[cH-]ccc2c1. The van der Waals surface area contributed by atoms with Crippen molar-refractivity contribution < 1.29 is 21.7 Å². The summed E-state index contributed by atoms with van der Waals surface area (Å²) < 4.78 is 0.